The maximum Gasteiger partial charge on any atom is 0.417 e. The van der Waals surface area contributed by atoms with E-state index in [1.807, 2.05) is 6.92 Å². The second-order valence-corrected chi connectivity index (χ2v) is 5.03. The van der Waals surface area contributed by atoms with E-state index in [0.29, 0.717) is 17.1 Å². The lowest BCUT2D eigenvalue weighted by Gasteiger charge is -2.10. The SMILES string of the molecule is CCc1sc(-c2ccccc2C(F)(F)F)nc1CO. The van der Waals surface area contributed by atoms with Crippen molar-refractivity contribution in [1.29, 1.82) is 0 Å². The summed E-state index contributed by atoms with van der Waals surface area (Å²) in [5.74, 6) is 0. The van der Waals surface area contributed by atoms with Crippen molar-refractivity contribution in [3.8, 4) is 10.6 Å². The molecule has 19 heavy (non-hydrogen) atoms. The molecular formula is C13H12F3NOS. The quantitative estimate of drug-likeness (QED) is 0.929. The summed E-state index contributed by atoms with van der Waals surface area (Å²) in [7, 11) is 0. The van der Waals surface area contributed by atoms with E-state index in [4.69, 9.17) is 5.11 Å². The van der Waals surface area contributed by atoms with Crippen molar-refractivity contribution in [3.05, 3.63) is 40.4 Å². The molecule has 0 fully saturated rings. The van der Waals surface area contributed by atoms with Gasteiger partial charge in [0, 0.05) is 10.4 Å². The molecule has 0 aliphatic rings. The fraction of sp³-hybridized carbons (Fsp3) is 0.308. The number of benzene rings is 1. The normalized spacial score (nSPS) is 11.8. The van der Waals surface area contributed by atoms with E-state index in [1.54, 1.807) is 6.07 Å². The number of hydrogen-bond donors (Lipinski definition) is 1. The molecule has 2 rings (SSSR count). The predicted molar refractivity (Wildman–Crippen MR) is 67.9 cm³/mol. The highest BCUT2D eigenvalue weighted by atomic mass is 32.1. The molecule has 1 heterocycles. The smallest absolute Gasteiger partial charge is 0.390 e. The van der Waals surface area contributed by atoms with Crippen LogP contribution in [0.25, 0.3) is 10.6 Å². The first-order valence-electron chi connectivity index (χ1n) is 5.73. The molecule has 102 valence electrons. The Morgan fingerprint density at radius 1 is 1.26 bits per heavy atom. The molecule has 0 amide bonds. The summed E-state index contributed by atoms with van der Waals surface area (Å²) in [4.78, 5) is 4.93. The summed E-state index contributed by atoms with van der Waals surface area (Å²) in [6.45, 7) is 1.62. The Hall–Kier alpha value is -1.40. The van der Waals surface area contributed by atoms with Crippen molar-refractivity contribution in [2.24, 2.45) is 0 Å². The number of nitrogens with zero attached hydrogens (tertiary/aromatic N) is 1. The van der Waals surface area contributed by atoms with Gasteiger partial charge in [0.25, 0.3) is 0 Å². The van der Waals surface area contributed by atoms with E-state index in [1.165, 1.54) is 23.5 Å². The number of alkyl halides is 3. The molecule has 1 aromatic carbocycles. The van der Waals surface area contributed by atoms with Gasteiger partial charge in [0.2, 0.25) is 0 Å². The first-order chi connectivity index (χ1) is 8.97. The van der Waals surface area contributed by atoms with E-state index in [2.05, 4.69) is 4.98 Å². The van der Waals surface area contributed by atoms with Gasteiger partial charge in [0.1, 0.15) is 5.01 Å². The Bertz CT molecular complexity index is 556. The van der Waals surface area contributed by atoms with Crippen molar-refractivity contribution >= 4 is 11.3 Å². The van der Waals surface area contributed by atoms with Crippen LogP contribution < -0.4 is 0 Å². The number of rotatable bonds is 3. The van der Waals surface area contributed by atoms with E-state index >= 15 is 0 Å². The first kappa shape index (κ1) is 14.0. The Balaban J connectivity index is 2.56. The van der Waals surface area contributed by atoms with Crippen molar-refractivity contribution in [2.75, 3.05) is 0 Å². The zero-order valence-corrected chi connectivity index (χ0v) is 11.0. The zero-order valence-electron chi connectivity index (χ0n) is 10.2. The van der Waals surface area contributed by atoms with Gasteiger partial charge in [0.15, 0.2) is 0 Å². The largest absolute Gasteiger partial charge is 0.417 e. The lowest BCUT2D eigenvalue weighted by Crippen LogP contribution is -2.06. The van der Waals surface area contributed by atoms with Crippen molar-refractivity contribution < 1.29 is 18.3 Å². The minimum atomic E-state index is -4.41. The lowest BCUT2D eigenvalue weighted by molar-refractivity contribution is -0.137. The van der Waals surface area contributed by atoms with Crippen LogP contribution in [0.4, 0.5) is 13.2 Å². The molecule has 2 nitrogen and oxygen atoms in total. The van der Waals surface area contributed by atoms with Gasteiger partial charge in [0.05, 0.1) is 17.9 Å². The summed E-state index contributed by atoms with van der Waals surface area (Å²) < 4.78 is 38.8. The molecule has 0 aliphatic heterocycles. The Kier molecular flexibility index (Phi) is 3.91. The van der Waals surface area contributed by atoms with Crippen molar-refractivity contribution in [1.82, 2.24) is 4.98 Å². The Labute approximate surface area is 112 Å². The molecule has 0 saturated carbocycles. The number of hydrogen-bond acceptors (Lipinski definition) is 3. The molecule has 0 radical (unpaired) electrons. The molecule has 0 saturated heterocycles. The standard InChI is InChI=1S/C13H12F3NOS/c1-2-11-10(7-18)17-12(19-11)8-5-3-4-6-9(8)13(14,15)16/h3-6,18H,2,7H2,1H3. The highest BCUT2D eigenvalue weighted by Gasteiger charge is 2.34. The molecule has 2 aromatic rings. The van der Waals surface area contributed by atoms with Crippen LogP contribution in [-0.2, 0) is 19.2 Å². The summed E-state index contributed by atoms with van der Waals surface area (Å²) in [5, 5.41) is 9.46. The monoisotopic (exact) mass is 287 g/mol. The van der Waals surface area contributed by atoms with Gasteiger partial charge in [-0.15, -0.1) is 11.3 Å². The second-order valence-electron chi connectivity index (χ2n) is 3.94. The van der Waals surface area contributed by atoms with E-state index in [-0.39, 0.29) is 12.2 Å². The summed E-state index contributed by atoms with van der Waals surface area (Å²) in [5.41, 5.74) is -0.176. The van der Waals surface area contributed by atoms with Crippen LogP contribution in [0.3, 0.4) is 0 Å². The fourth-order valence-corrected chi connectivity index (χ4v) is 2.86. The summed E-state index contributed by atoms with van der Waals surface area (Å²) >= 11 is 1.20. The third kappa shape index (κ3) is 2.79. The second kappa shape index (κ2) is 5.30. The number of halogens is 3. The van der Waals surface area contributed by atoms with Gasteiger partial charge in [-0.2, -0.15) is 13.2 Å². The molecule has 6 heteroatoms. The maximum atomic E-state index is 12.9. The molecule has 0 spiro atoms. The van der Waals surface area contributed by atoms with Gasteiger partial charge < -0.3 is 5.11 Å². The average Bonchev–Trinajstić information content (AvgIpc) is 2.81. The minimum Gasteiger partial charge on any atom is -0.390 e. The van der Waals surface area contributed by atoms with E-state index < -0.39 is 11.7 Å². The lowest BCUT2D eigenvalue weighted by atomic mass is 10.1. The Morgan fingerprint density at radius 2 is 1.95 bits per heavy atom. The topological polar surface area (TPSA) is 33.1 Å². The molecule has 1 N–H and O–H groups in total. The van der Waals surface area contributed by atoms with Crippen LogP contribution in [0.2, 0.25) is 0 Å². The Morgan fingerprint density at radius 3 is 2.47 bits per heavy atom. The minimum absolute atomic E-state index is 0.0643. The van der Waals surface area contributed by atoms with Crippen LogP contribution >= 0.6 is 11.3 Å². The zero-order chi connectivity index (χ0) is 14.0. The van der Waals surface area contributed by atoms with Crippen molar-refractivity contribution in [3.63, 3.8) is 0 Å². The third-order valence-corrected chi connectivity index (χ3v) is 3.99. The molecule has 0 aliphatic carbocycles. The molecular weight excluding hydrogens is 275 g/mol. The average molecular weight is 287 g/mol. The van der Waals surface area contributed by atoms with Gasteiger partial charge in [-0.1, -0.05) is 25.1 Å². The molecule has 0 bridgehead atoms. The van der Waals surface area contributed by atoms with Gasteiger partial charge in [-0.05, 0) is 12.5 Å². The molecule has 0 atom stereocenters. The number of aliphatic hydroxyl groups excluding tert-OH is 1. The number of aryl methyl sites for hydroxylation is 1. The van der Waals surface area contributed by atoms with Crippen LogP contribution in [0.5, 0.6) is 0 Å². The van der Waals surface area contributed by atoms with Gasteiger partial charge in [-0.3, -0.25) is 0 Å². The first-order valence-corrected chi connectivity index (χ1v) is 6.55. The summed E-state index contributed by atoms with van der Waals surface area (Å²) in [6.07, 6.45) is -3.77. The van der Waals surface area contributed by atoms with Gasteiger partial charge in [-0.25, -0.2) is 4.98 Å². The van der Waals surface area contributed by atoms with E-state index in [9.17, 15) is 13.2 Å². The van der Waals surface area contributed by atoms with Crippen LogP contribution in [0.1, 0.15) is 23.1 Å². The van der Waals surface area contributed by atoms with Crippen LogP contribution in [0, 0.1) is 0 Å². The highest BCUT2D eigenvalue weighted by molar-refractivity contribution is 7.15. The molecule has 1 aromatic heterocycles. The fourth-order valence-electron chi connectivity index (χ4n) is 1.82. The van der Waals surface area contributed by atoms with E-state index in [0.717, 1.165) is 10.9 Å². The highest BCUT2D eigenvalue weighted by Crippen LogP contribution is 2.39. The van der Waals surface area contributed by atoms with Gasteiger partial charge >= 0.3 is 6.18 Å². The summed E-state index contributed by atoms with van der Waals surface area (Å²) in [6, 6.07) is 5.35. The third-order valence-electron chi connectivity index (χ3n) is 2.71. The number of aliphatic hydroxyl groups is 1. The van der Waals surface area contributed by atoms with Crippen LogP contribution in [0.15, 0.2) is 24.3 Å². The predicted octanol–water partition coefficient (Wildman–Crippen LogP) is 3.88. The van der Waals surface area contributed by atoms with Crippen molar-refractivity contribution in [2.45, 2.75) is 26.1 Å². The maximum absolute atomic E-state index is 12.9. The number of aromatic nitrogens is 1. The molecule has 0 unspecified atom stereocenters. The number of thiazole rings is 1. The van der Waals surface area contributed by atoms with Crippen LogP contribution in [-0.4, -0.2) is 10.1 Å².